The molecule has 1 heterocycles. The van der Waals surface area contributed by atoms with E-state index < -0.39 is 0 Å². The van der Waals surface area contributed by atoms with Gasteiger partial charge in [0.15, 0.2) is 0 Å². The smallest absolute Gasteiger partial charge is 0.264 e. The highest BCUT2D eigenvalue weighted by Crippen LogP contribution is 2.19. The Balaban J connectivity index is 2.05. The minimum atomic E-state index is -0.272. The molecule has 1 aromatic carbocycles. The van der Waals surface area contributed by atoms with Crippen molar-refractivity contribution in [1.29, 1.82) is 0 Å². The summed E-state index contributed by atoms with van der Waals surface area (Å²) >= 11 is 5.55. The molecule has 0 bridgehead atoms. The third-order valence-corrected chi connectivity index (χ3v) is 3.83. The van der Waals surface area contributed by atoms with Crippen LogP contribution in [0.15, 0.2) is 40.6 Å². The largest absolute Gasteiger partial charge is 0.337 e. The number of amides is 1. The van der Waals surface area contributed by atoms with Crippen molar-refractivity contribution in [2.24, 2.45) is 0 Å². The summed E-state index contributed by atoms with van der Waals surface area (Å²) in [5, 5.41) is 1.82. The Labute approximate surface area is 114 Å². The predicted octanol–water partition coefficient (Wildman–Crippen LogP) is 3.45. The van der Waals surface area contributed by atoms with Crippen LogP contribution >= 0.6 is 24.0 Å². The zero-order valence-corrected chi connectivity index (χ0v) is 11.5. The molecule has 0 aliphatic carbocycles. The van der Waals surface area contributed by atoms with Crippen LogP contribution in [-0.2, 0) is 6.54 Å². The summed E-state index contributed by atoms with van der Waals surface area (Å²) < 4.78 is 12.8. The second-order valence-electron chi connectivity index (χ2n) is 3.96. The van der Waals surface area contributed by atoms with Crippen LogP contribution in [0.2, 0.25) is 0 Å². The first-order chi connectivity index (χ1) is 8.56. The van der Waals surface area contributed by atoms with Crippen LogP contribution in [0, 0.1) is 5.82 Å². The molecule has 2 aromatic rings. The summed E-state index contributed by atoms with van der Waals surface area (Å²) in [4.78, 5) is 15.1. The average Bonchev–Trinajstić information content (AvgIpc) is 2.78. The van der Waals surface area contributed by atoms with Crippen molar-refractivity contribution < 1.29 is 9.18 Å². The van der Waals surface area contributed by atoms with E-state index in [4.69, 9.17) is 0 Å². The summed E-state index contributed by atoms with van der Waals surface area (Å²) in [5.41, 5.74) is 0.898. The Morgan fingerprint density at radius 2 is 2.06 bits per heavy atom. The van der Waals surface area contributed by atoms with Crippen LogP contribution in [-0.4, -0.2) is 17.9 Å². The van der Waals surface area contributed by atoms with E-state index >= 15 is 0 Å². The van der Waals surface area contributed by atoms with Gasteiger partial charge in [-0.25, -0.2) is 4.39 Å². The fourth-order valence-electron chi connectivity index (χ4n) is 1.56. The first-order valence-corrected chi connectivity index (χ1v) is 6.66. The van der Waals surface area contributed by atoms with Crippen LogP contribution in [0.1, 0.15) is 15.2 Å². The lowest BCUT2D eigenvalue weighted by atomic mass is 10.2. The number of benzene rings is 1. The number of thiophene rings is 1. The second kappa shape index (κ2) is 5.54. The number of carbonyl (C=O) groups is 1. The van der Waals surface area contributed by atoms with Crippen molar-refractivity contribution in [1.82, 2.24) is 4.90 Å². The third-order valence-electron chi connectivity index (χ3n) is 2.48. The lowest BCUT2D eigenvalue weighted by molar-refractivity contribution is 0.0789. The SMILES string of the molecule is CN(Cc1ccc(F)cc1)C(=O)c1cc(S)cs1. The quantitative estimate of drug-likeness (QED) is 0.854. The average molecular weight is 281 g/mol. The minimum Gasteiger partial charge on any atom is -0.337 e. The van der Waals surface area contributed by atoms with Crippen LogP contribution in [0.25, 0.3) is 0 Å². The summed E-state index contributed by atoms with van der Waals surface area (Å²) in [6.07, 6.45) is 0. The molecule has 0 spiro atoms. The van der Waals surface area contributed by atoms with Gasteiger partial charge in [-0.05, 0) is 23.8 Å². The highest BCUT2D eigenvalue weighted by Gasteiger charge is 2.13. The van der Waals surface area contributed by atoms with E-state index in [0.29, 0.717) is 11.4 Å². The number of carbonyl (C=O) groups excluding carboxylic acids is 1. The summed E-state index contributed by atoms with van der Waals surface area (Å²) in [6, 6.07) is 7.89. The van der Waals surface area contributed by atoms with Crippen molar-refractivity contribution in [2.45, 2.75) is 11.4 Å². The van der Waals surface area contributed by atoms with Crippen molar-refractivity contribution in [2.75, 3.05) is 7.05 Å². The van der Waals surface area contributed by atoms with Gasteiger partial charge in [0, 0.05) is 23.9 Å². The van der Waals surface area contributed by atoms with Crippen LogP contribution in [0.5, 0.6) is 0 Å². The molecule has 0 fully saturated rings. The normalized spacial score (nSPS) is 10.4. The number of nitrogens with zero attached hydrogens (tertiary/aromatic N) is 1. The lowest BCUT2D eigenvalue weighted by Gasteiger charge is -2.16. The molecule has 2 nitrogen and oxygen atoms in total. The number of hydrogen-bond acceptors (Lipinski definition) is 3. The van der Waals surface area contributed by atoms with Crippen molar-refractivity contribution in [3.05, 3.63) is 52.0 Å². The number of hydrogen-bond donors (Lipinski definition) is 1. The van der Waals surface area contributed by atoms with E-state index in [1.807, 2.05) is 5.38 Å². The van der Waals surface area contributed by atoms with Gasteiger partial charge in [0.1, 0.15) is 5.82 Å². The predicted molar refractivity (Wildman–Crippen MR) is 73.8 cm³/mol. The second-order valence-corrected chi connectivity index (χ2v) is 5.38. The maximum atomic E-state index is 12.8. The first kappa shape index (κ1) is 13.1. The van der Waals surface area contributed by atoms with E-state index in [-0.39, 0.29) is 11.7 Å². The molecule has 0 saturated carbocycles. The van der Waals surface area contributed by atoms with E-state index in [2.05, 4.69) is 12.6 Å². The molecule has 1 aromatic heterocycles. The number of halogens is 1. The van der Waals surface area contributed by atoms with Crippen molar-refractivity contribution >= 4 is 29.9 Å². The van der Waals surface area contributed by atoms with Gasteiger partial charge >= 0.3 is 0 Å². The molecule has 0 aliphatic rings. The standard InChI is InChI=1S/C13H12FNOS2/c1-15(7-9-2-4-10(14)5-3-9)13(16)12-6-11(17)8-18-12/h2-6,8,17H,7H2,1H3. The minimum absolute atomic E-state index is 0.0513. The molecule has 0 unspecified atom stereocenters. The van der Waals surface area contributed by atoms with Crippen molar-refractivity contribution in [3.63, 3.8) is 0 Å². The van der Waals surface area contributed by atoms with E-state index in [1.54, 1.807) is 30.1 Å². The fraction of sp³-hybridized carbons (Fsp3) is 0.154. The molecule has 0 aliphatic heterocycles. The number of rotatable bonds is 3. The fourth-order valence-corrected chi connectivity index (χ4v) is 2.70. The Hall–Kier alpha value is -1.33. The molecule has 5 heteroatoms. The Morgan fingerprint density at radius 1 is 1.39 bits per heavy atom. The van der Waals surface area contributed by atoms with Crippen molar-refractivity contribution in [3.8, 4) is 0 Å². The molecule has 94 valence electrons. The summed E-state index contributed by atoms with van der Waals surface area (Å²) in [7, 11) is 1.73. The lowest BCUT2D eigenvalue weighted by Crippen LogP contribution is -2.25. The Morgan fingerprint density at radius 3 is 2.61 bits per heavy atom. The van der Waals surface area contributed by atoms with E-state index in [9.17, 15) is 9.18 Å². The van der Waals surface area contributed by atoms with Gasteiger partial charge in [-0.3, -0.25) is 4.79 Å². The summed E-state index contributed by atoms with van der Waals surface area (Å²) in [5.74, 6) is -0.324. The zero-order valence-electron chi connectivity index (χ0n) is 9.76. The van der Waals surface area contributed by atoms with Gasteiger partial charge in [0.2, 0.25) is 0 Å². The summed E-state index contributed by atoms with van der Waals surface area (Å²) in [6.45, 7) is 0.457. The topological polar surface area (TPSA) is 20.3 Å². The van der Waals surface area contributed by atoms with Crippen LogP contribution in [0.3, 0.4) is 0 Å². The van der Waals surface area contributed by atoms with E-state index in [1.165, 1.54) is 23.5 Å². The zero-order chi connectivity index (χ0) is 13.1. The monoisotopic (exact) mass is 281 g/mol. The maximum absolute atomic E-state index is 12.8. The number of thiol groups is 1. The molecule has 0 atom stereocenters. The van der Waals surface area contributed by atoms with Gasteiger partial charge in [-0.15, -0.1) is 24.0 Å². The maximum Gasteiger partial charge on any atom is 0.264 e. The Kier molecular flexibility index (Phi) is 4.04. The third kappa shape index (κ3) is 3.11. The molecule has 0 N–H and O–H groups in total. The highest BCUT2D eigenvalue weighted by atomic mass is 32.1. The molecule has 0 saturated heterocycles. The first-order valence-electron chi connectivity index (χ1n) is 5.33. The van der Waals surface area contributed by atoms with Gasteiger partial charge in [0.05, 0.1) is 4.88 Å². The Bertz CT molecular complexity index is 550. The van der Waals surface area contributed by atoms with E-state index in [0.717, 1.165) is 10.5 Å². The van der Waals surface area contributed by atoms with Gasteiger partial charge < -0.3 is 4.90 Å². The molecule has 2 rings (SSSR count). The van der Waals surface area contributed by atoms with Gasteiger partial charge in [-0.1, -0.05) is 12.1 Å². The van der Waals surface area contributed by atoms with Gasteiger partial charge in [0.25, 0.3) is 5.91 Å². The molecule has 0 radical (unpaired) electrons. The molecule has 18 heavy (non-hydrogen) atoms. The molecule has 1 amide bonds. The highest BCUT2D eigenvalue weighted by molar-refractivity contribution is 7.80. The molecular weight excluding hydrogens is 269 g/mol. The van der Waals surface area contributed by atoms with Crippen LogP contribution in [0.4, 0.5) is 4.39 Å². The molecular formula is C13H12FNOS2. The van der Waals surface area contributed by atoms with Gasteiger partial charge in [-0.2, -0.15) is 0 Å². The van der Waals surface area contributed by atoms with Crippen LogP contribution < -0.4 is 0 Å².